The molecule has 0 bridgehead atoms. The fourth-order valence-electron chi connectivity index (χ4n) is 4.61. The van der Waals surface area contributed by atoms with Gasteiger partial charge >= 0.3 is 0 Å². The first kappa shape index (κ1) is 24.9. The van der Waals surface area contributed by atoms with E-state index in [4.69, 9.17) is 19.2 Å². The Hall–Kier alpha value is -4.73. The van der Waals surface area contributed by atoms with Crippen LogP contribution in [0, 0.1) is 0 Å². The van der Waals surface area contributed by atoms with Crippen molar-refractivity contribution in [3.05, 3.63) is 87.6 Å². The summed E-state index contributed by atoms with van der Waals surface area (Å²) in [7, 11) is 4.63. The minimum absolute atomic E-state index is 0.0862. The summed E-state index contributed by atoms with van der Waals surface area (Å²) >= 11 is 0. The number of carbonyl (C=O) groups excluding carboxylic acids is 2. The van der Waals surface area contributed by atoms with Gasteiger partial charge in [-0.3, -0.25) is 23.9 Å². The van der Waals surface area contributed by atoms with E-state index in [1.807, 2.05) is 18.2 Å². The van der Waals surface area contributed by atoms with Gasteiger partial charge in [-0.25, -0.2) is 9.97 Å². The van der Waals surface area contributed by atoms with Crippen LogP contribution in [0.2, 0.25) is 0 Å². The number of imide groups is 1. The number of hydrogen-bond acceptors (Lipinski definition) is 8. The molecular weight excluding hydrogens is 488 g/mol. The van der Waals surface area contributed by atoms with Gasteiger partial charge in [-0.1, -0.05) is 18.2 Å². The van der Waals surface area contributed by atoms with Gasteiger partial charge in [-0.15, -0.1) is 0 Å². The highest BCUT2D eigenvalue weighted by atomic mass is 16.5. The van der Waals surface area contributed by atoms with Crippen molar-refractivity contribution in [2.75, 3.05) is 27.9 Å². The van der Waals surface area contributed by atoms with Gasteiger partial charge in [-0.2, -0.15) is 0 Å². The largest absolute Gasteiger partial charge is 0.493 e. The number of nitrogens with zero attached hydrogens (tertiary/aromatic N) is 4. The molecule has 2 amide bonds. The molecule has 0 radical (unpaired) electrons. The number of aryl methyl sites for hydroxylation is 1. The van der Waals surface area contributed by atoms with Gasteiger partial charge in [0.25, 0.3) is 17.4 Å². The topological polar surface area (TPSA) is 113 Å². The minimum atomic E-state index is -0.350. The van der Waals surface area contributed by atoms with Crippen molar-refractivity contribution in [1.29, 1.82) is 0 Å². The van der Waals surface area contributed by atoms with Crippen LogP contribution in [0.3, 0.4) is 0 Å². The highest BCUT2D eigenvalue weighted by Gasteiger charge is 2.35. The predicted octanol–water partition coefficient (Wildman–Crippen LogP) is 2.90. The number of fused-ring (bicyclic) bond motifs is 2. The first-order chi connectivity index (χ1) is 18.4. The van der Waals surface area contributed by atoms with Gasteiger partial charge in [0.1, 0.15) is 5.82 Å². The van der Waals surface area contributed by atoms with Crippen LogP contribution in [0.15, 0.2) is 59.5 Å². The Morgan fingerprint density at radius 2 is 1.50 bits per heavy atom. The average molecular weight is 515 g/mol. The number of rotatable bonds is 9. The van der Waals surface area contributed by atoms with E-state index in [1.165, 1.54) is 18.2 Å². The maximum absolute atomic E-state index is 13.5. The van der Waals surface area contributed by atoms with Gasteiger partial charge in [0.15, 0.2) is 11.5 Å². The fraction of sp³-hybridized carbons (Fsp3) is 0.250. The highest BCUT2D eigenvalue weighted by molar-refractivity contribution is 6.21. The maximum atomic E-state index is 13.5. The summed E-state index contributed by atoms with van der Waals surface area (Å²) in [4.78, 5) is 49.4. The third-order valence-electron chi connectivity index (χ3n) is 6.61. The quantitative estimate of drug-likeness (QED) is 0.314. The van der Waals surface area contributed by atoms with Crippen molar-refractivity contribution in [3.63, 3.8) is 0 Å². The van der Waals surface area contributed by atoms with E-state index in [1.54, 1.807) is 49.1 Å². The van der Waals surface area contributed by atoms with Crippen molar-refractivity contribution in [3.8, 4) is 17.4 Å². The Balaban J connectivity index is 1.47. The lowest BCUT2D eigenvalue weighted by atomic mass is 10.1. The van der Waals surface area contributed by atoms with Crippen molar-refractivity contribution >= 4 is 22.7 Å². The molecule has 2 aromatic carbocycles. The average Bonchev–Trinajstić information content (AvgIpc) is 3.19. The number of carbonyl (C=O) groups is 2. The Morgan fingerprint density at radius 3 is 2.16 bits per heavy atom. The van der Waals surface area contributed by atoms with Gasteiger partial charge in [0.2, 0.25) is 5.88 Å². The third-order valence-corrected chi connectivity index (χ3v) is 6.61. The van der Waals surface area contributed by atoms with Gasteiger partial charge in [0, 0.05) is 31.8 Å². The zero-order valence-electron chi connectivity index (χ0n) is 21.3. The number of benzene rings is 2. The molecule has 10 heteroatoms. The van der Waals surface area contributed by atoms with Crippen LogP contribution in [0.25, 0.3) is 10.9 Å². The van der Waals surface area contributed by atoms with Crippen LogP contribution in [0.4, 0.5) is 0 Å². The summed E-state index contributed by atoms with van der Waals surface area (Å²) in [5, 5.41) is 0.350. The Morgan fingerprint density at radius 1 is 0.789 bits per heavy atom. The number of ether oxygens (including phenoxy) is 3. The van der Waals surface area contributed by atoms with E-state index in [0.29, 0.717) is 58.2 Å². The molecule has 0 atom stereocenters. The summed E-state index contributed by atoms with van der Waals surface area (Å²) in [6, 6.07) is 13.9. The predicted molar refractivity (Wildman–Crippen MR) is 139 cm³/mol. The third kappa shape index (κ3) is 4.45. The van der Waals surface area contributed by atoms with Crippen molar-refractivity contribution < 1.29 is 23.8 Å². The van der Waals surface area contributed by atoms with Crippen LogP contribution in [-0.2, 0) is 19.4 Å². The second kappa shape index (κ2) is 10.3. The van der Waals surface area contributed by atoms with Gasteiger partial charge in [0.05, 0.1) is 43.4 Å². The van der Waals surface area contributed by atoms with Crippen molar-refractivity contribution in [1.82, 2.24) is 19.4 Å². The zero-order valence-corrected chi connectivity index (χ0v) is 21.3. The Bertz CT molecular complexity index is 1580. The number of hydrogen-bond donors (Lipinski definition) is 0. The summed E-state index contributed by atoms with van der Waals surface area (Å²) in [5.41, 5.74) is 1.87. The molecular formula is C28H26N4O6. The molecule has 0 spiro atoms. The molecule has 10 nitrogen and oxygen atoms in total. The summed E-state index contributed by atoms with van der Waals surface area (Å²) in [6.07, 6.45) is 2.16. The molecule has 1 aliphatic heterocycles. The molecule has 5 rings (SSSR count). The molecule has 0 saturated heterocycles. The standard InChI is InChI=1S/C28H26N4O6/c1-36-22-9-8-17(14-23(22)37-2)10-12-31-24(30-21-15-25(38-3)29-16-20(21)28(31)35)11-13-32-26(33)18-6-4-5-7-19(18)27(32)34/h4-9,14-16H,10-13H2,1-3H3. The van der Waals surface area contributed by atoms with Gasteiger partial charge < -0.3 is 14.2 Å². The summed E-state index contributed by atoms with van der Waals surface area (Å²) in [5.74, 6) is 1.29. The van der Waals surface area contributed by atoms with E-state index in [0.717, 1.165) is 5.56 Å². The molecule has 0 saturated carbocycles. The van der Waals surface area contributed by atoms with Crippen LogP contribution in [0.1, 0.15) is 32.1 Å². The molecule has 4 aromatic rings. The molecule has 194 valence electrons. The molecule has 0 N–H and O–H groups in total. The number of amides is 2. The highest BCUT2D eigenvalue weighted by Crippen LogP contribution is 2.28. The first-order valence-corrected chi connectivity index (χ1v) is 12.0. The first-order valence-electron chi connectivity index (χ1n) is 12.0. The smallest absolute Gasteiger partial charge is 0.262 e. The Labute approximate surface area is 218 Å². The lowest BCUT2D eigenvalue weighted by Gasteiger charge is -2.17. The van der Waals surface area contributed by atoms with Crippen molar-refractivity contribution in [2.45, 2.75) is 19.4 Å². The molecule has 1 aliphatic rings. The normalized spacial score (nSPS) is 12.7. The molecule has 0 aliphatic carbocycles. The van der Waals surface area contributed by atoms with Crippen LogP contribution < -0.4 is 19.8 Å². The molecule has 3 heterocycles. The molecule has 0 unspecified atom stereocenters. The monoisotopic (exact) mass is 514 g/mol. The van der Waals surface area contributed by atoms with Crippen LogP contribution in [0.5, 0.6) is 17.4 Å². The molecule has 38 heavy (non-hydrogen) atoms. The SMILES string of the molecule is COc1cc2nc(CCN3C(=O)c4ccccc4C3=O)n(CCc3ccc(OC)c(OC)c3)c(=O)c2cn1. The van der Waals surface area contributed by atoms with E-state index in [-0.39, 0.29) is 30.3 Å². The summed E-state index contributed by atoms with van der Waals surface area (Å²) in [6.45, 7) is 0.406. The van der Waals surface area contributed by atoms with Gasteiger partial charge in [-0.05, 0) is 36.2 Å². The summed E-state index contributed by atoms with van der Waals surface area (Å²) < 4.78 is 17.5. The maximum Gasteiger partial charge on any atom is 0.262 e. The second-order valence-corrected chi connectivity index (χ2v) is 8.73. The molecule has 0 fully saturated rings. The van der Waals surface area contributed by atoms with E-state index in [9.17, 15) is 14.4 Å². The van der Waals surface area contributed by atoms with E-state index in [2.05, 4.69) is 4.98 Å². The Kier molecular flexibility index (Phi) is 6.78. The van der Waals surface area contributed by atoms with Crippen LogP contribution in [-0.4, -0.2) is 59.1 Å². The zero-order chi connectivity index (χ0) is 26.8. The number of pyridine rings is 1. The molecule has 2 aromatic heterocycles. The van der Waals surface area contributed by atoms with E-state index >= 15 is 0 Å². The van der Waals surface area contributed by atoms with E-state index < -0.39 is 0 Å². The lowest BCUT2D eigenvalue weighted by Crippen LogP contribution is -2.34. The second-order valence-electron chi connectivity index (χ2n) is 8.73. The van der Waals surface area contributed by atoms with Crippen molar-refractivity contribution in [2.24, 2.45) is 0 Å². The minimum Gasteiger partial charge on any atom is -0.493 e. The fourth-order valence-corrected chi connectivity index (χ4v) is 4.61. The number of aromatic nitrogens is 3. The number of methoxy groups -OCH3 is 3. The van der Waals surface area contributed by atoms with Crippen LogP contribution >= 0.6 is 0 Å². The lowest BCUT2D eigenvalue weighted by molar-refractivity contribution is 0.0655.